The number of nitrogens with zero attached hydrogens (tertiary/aromatic N) is 2. The quantitative estimate of drug-likeness (QED) is 0.639. The standard InChI is InChI=1S/C6H5BrClN3O/c7-3-5(12)10-4-1-2-9-6(8)11-4/h1-2H,3H2,(H,9,10,11,12). The van der Waals surface area contributed by atoms with E-state index in [1.165, 1.54) is 6.20 Å². The van der Waals surface area contributed by atoms with Crippen molar-refractivity contribution in [1.29, 1.82) is 0 Å². The molecule has 1 aromatic rings. The van der Waals surface area contributed by atoms with Crippen molar-refractivity contribution in [2.75, 3.05) is 10.6 Å². The molecular formula is C6H5BrClN3O. The summed E-state index contributed by atoms with van der Waals surface area (Å²) in [6.07, 6.45) is 1.47. The Hall–Kier alpha value is -0.680. The Balaban J connectivity index is 2.69. The zero-order chi connectivity index (χ0) is 8.97. The van der Waals surface area contributed by atoms with Crippen molar-refractivity contribution in [1.82, 2.24) is 9.97 Å². The Morgan fingerprint density at radius 2 is 2.50 bits per heavy atom. The second kappa shape index (κ2) is 4.37. The number of rotatable bonds is 2. The lowest BCUT2D eigenvalue weighted by Gasteiger charge is -2.00. The number of halogens is 2. The van der Waals surface area contributed by atoms with Gasteiger partial charge in [-0.05, 0) is 17.7 Å². The molecule has 6 heteroatoms. The topological polar surface area (TPSA) is 54.9 Å². The molecule has 0 atom stereocenters. The normalized spacial score (nSPS) is 9.50. The highest BCUT2D eigenvalue weighted by molar-refractivity contribution is 9.09. The van der Waals surface area contributed by atoms with E-state index in [4.69, 9.17) is 11.6 Å². The number of hydrogen-bond acceptors (Lipinski definition) is 3. The van der Waals surface area contributed by atoms with E-state index in [1.807, 2.05) is 0 Å². The molecule has 0 aliphatic rings. The Labute approximate surface area is 82.5 Å². The summed E-state index contributed by atoms with van der Waals surface area (Å²) in [5.41, 5.74) is 0. The second-order valence-electron chi connectivity index (χ2n) is 1.89. The molecule has 1 heterocycles. The molecule has 0 saturated heterocycles. The van der Waals surface area contributed by atoms with Crippen LogP contribution in [0.2, 0.25) is 5.28 Å². The van der Waals surface area contributed by atoms with E-state index in [-0.39, 0.29) is 16.5 Å². The van der Waals surface area contributed by atoms with Gasteiger partial charge in [-0.15, -0.1) is 0 Å². The van der Waals surface area contributed by atoms with Crippen LogP contribution in [0.4, 0.5) is 5.82 Å². The molecule has 0 aliphatic carbocycles. The van der Waals surface area contributed by atoms with Crippen molar-refractivity contribution in [3.63, 3.8) is 0 Å². The molecule has 64 valence electrons. The molecule has 0 bridgehead atoms. The molecule has 0 radical (unpaired) electrons. The largest absolute Gasteiger partial charge is 0.310 e. The molecule has 0 aliphatic heterocycles. The van der Waals surface area contributed by atoms with Gasteiger partial charge in [0.15, 0.2) is 0 Å². The minimum atomic E-state index is -0.176. The van der Waals surface area contributed by atoms with Gasteiger partial charge in [0.25, 0.3) is 0 Å². The fraction of sp³-hybridized carbons (Fsp3) is 0.167. The number of aromatic nitrogens is 2. The lowest BCUT2D eigenvalue weighted by Crippen LogP contribution is -2.13. The van der Waals surface area contributed by atoms with Gasteiger partial charge in [0, 0.05) is 6.20 Å². The lowest BCUT2D eigenvalue weighted by molar-refractivity contribution is -0.113. The summed E-state index contributed by atoms with van der Waals surface area (Å²) >= 11 is 8.49. The molecule has 1 rings (SSSR count). The van der Waals surface area contributed by atoms with Crippen LogP contribution < -0.4 is 5.32 Å². The molecule has 0 saturated carbocycles. The van der Waals surface area contributed by atoms with Gasteiger partial charge in [0.2, 0.25) is 11.2 Å². The predicted octanol–water partition coefficient (Wildman–Crippen LogP) is 1.46. The zero-order valence-corrected chi connectivity index (χ0v) is 8.26. The fourth-order valence-electron chi connectivity index (χ4n) is 0.581. The van der Waals surface area contributed by atoms with E-state index < -0.39 is 0 Å². The van der Waals surface area contributed by atoms with E-state index in [0.29, 0.717) is 5.82 Å². The van der Waals surface area contributed by atoms with Gasteiger partial charge < -0.3 is 5.32 Å². The van der Waals surface area contributed by atoms with Crippen LogP contribution in [-0.2, 0) is 4.79 Å². The van der Waals surface area contributed by atoms with E-state index in [0.717, 1.165) is 0 Å². The number of hydrogen-bond donors (Lipinski definition) is 1. The minimum absolute atomic E-state index is 0.113. The van der Waals surface area contributed by atoms with Crippen LogP contribution in [0.3, 0.4) is 0 Å². The van der Waals surface area contributed by atoms with E-state index in [2.05, 4.69) is 31.2 Å². The van der Waals surface area contributed by atoms with Gasteiger partial charge in [-0.2, -0.15) is 0 Å². The molecule has 1 N–H and O–H groups in total. The number of carbonyl (C=O) groups excluding carboxylic acids is 1. The molecule has 1 amide bonds. The first-order chi connectivity index (χ1) is 5.72. The third-order valence-electron chi connectivity index (χ3n) is 1.02. The predicted molar refractivity (Wildman–Crippen MR) is 49.5 cm³/mol. The molecule has 0 unspecified atom stereocenters. The van der Waals surface area contributed by atoms with Gasteiger partial charge in [0.1, 0.15) is 5.82 Å². The number of nitrogens with one attached hydrogen (secondary N) is 1. The van der Waals surface area contributed by atoms with Gasteiger partial charge in [-0.25, -0.2) is 9.97 Å². The molecule has 12 heavy (non-hydrogen) atoms. The third kappa shape index (κ3) is 2.75. The first-order valence-corrected chi connectivity index (χ1v) is 4.56. The van der Waals surface area contributed by atoms with Crippen molar-refractivity contribution < 1.29 is 4.79 Å². The Bertz CT molecular complexity index is 294. The highest BCUT2D eigenvalue weighted by atomic mass is 79.9. The van der Waals surface area contributed by atoms with Crippen LogP contribution in [0.1, 0.15) is 0 Å². The van der Waals surface area contributed by atoms with Crippen LogP contribution >= 0.6 is 27.5 Å². The van der Waals surface area contributed by atoms with E-state index in [9.17, 15) is 4.79 Å². The summed E-state index contributed by atoms with van der Waals surface area (Å²) in [6.45, 7) is 0. The zero-order valence-electron chi connectivity index (χ0n) is 5.92. The smallest absolute Gasteiger partial charge is 0.236 e. The van der Waals surface area contributed by atoms with Crippen molar-refractivity contribution >= 4 is 39.3 Å². The molecule has 0 aromatic carbocycles. The monoisotopic (exact) mass is 249 g/mol. The highest BCUT2D eigenvalue weighted by Crippen LogP contribution is 2.05. The van der Waals surface area contributed by atoms with Crippen LogP contribution in [0, 0.1) is 0 Å². The van der Waals surface area contributed by atoms with Crippen molar-refractivity contribution in [3.8, 4) is 0 Å². The third-order valence-corrected chi connectivity index (χ3v) is 1.71. The lowest BCUT2D eigenvalue weighted by atomic mass is 10.5. The SMILES string of the molecule is O=C(CBr)Nc1ccnc(Cl)n1. The molecule has 4 nitrogen and oxygen atoms in total. The van der Waals surface area contributed by atoms with E-state index >= 15 is 0 Å². The van der Waals surface area contributed by atoms with Crippen molar-refractivity contribution in [2.45, 2.75) is 0 Å². The average Bonchev–Trinajstić information content (AvgIpc) is 2.04. The number of anilines is 1. The first kappa shape index (κ1) is 9.41. The van der Waals surface area contributed by atoms with Gasteiger partial charge in [0.05, 0.1) is 5.33 Å². The Morgan fingerprint density at radius 1 is 1.75 bits per heavy atom. The minimum Gasteiger partial charge on any atom is -0.310 e. The molecule has 0 spiro atoms. The maximum Gasteiger partial charge on any atom is 0.236 e. The highest BCUT2D eigenvalue weighted by Gasteiger charge is 2.00. The second-order valence-corrected chi connectivity index (χ2v) is 2.79. The van der Waals surface area contributed by atoms with Gasteiger partial charge >= 0.3 is 0 Å². The fourth-order valence-corrected chi connectivity index (χ4v) is 0.868. The summed E-state index contributed by atoms with van der Waals surface area (Å²) in [5.74, 6) is 0.226. The summed E-state index contributed by atoms with van der Waals surface area (Å²) in [5, 5.41) is 2.86. The summed E-state index contributed by atoms with van der Waals surface area (Å²) in [7, 11) is 0. The Kier molecular flexibility index (Phi) is 3.43. The summed E-state index contributed by atoms with van der Waals surface area (Å²) < 4.78 is 0. The maximum absolute atomic E-state index is 10.8. The van der Waals surface area contributed by atoms with Gasteiger partial charge in [-0.3, -0.25) is 4.79 Å². The van der Waals surface area contributed by atoms with E-state index in [1.54, 1.807) is 6.07 Å². The molecule has 1 aromatic heterocycles. The number of carbonyl (C=O) groups is 1. The maximum atomic E-state index is 10.8. The Morgan fingerprint density at radius 3 is 3.08 bits per heavy atom. The van der Waals surface area contributed by atoms with Crippen LogP contribution in [0.15, 0.2) is 12.3 Å². The van der Waals surface area contributed by atoms with Crippen LogP contribution in [-0.4, -0.2) is 21.2 Å². The van der Waals surface area contributed by atoms with Gasteiger partial charge in [-0.1, -0.05) is 15.9 Å². The summed E-state index contributed by atoms with van der Waals surface area (Å²) in [6, 6.07) is 1.56. The molecular weight excluding hydrogens is 245 g/mol. The number of amides is 1. The molecule has 0 fully saturated rings. The first-order valence-electron chi connectivity index (χ1n) is 3.06. The summed E-state index contributed by atoms with van der Waals surface area (Å²) in [4.78, 5) is 18.3. The van der Waals surface area contributed by atoms with Crippen molar-refractivity contribution in [2.24, 2.45) is 0 Å². The van der Waals surface area contributed by atoms with Crippen molar-refractivity contribution in [3.05, 3.63) is 17.5 Å². The number of alkyl halides is 1. The van der Waals surface area contributed by atoms with Crippen LogP contribution in [0.5, 0.6) is 0 Å². The van der Waals surface area contributed by atoms with Crippen LogP contribution in [0.25, 0.3) is 0 Å². The average molecular weight is 250 g/mol.